The number of Topliss-reactive ketones (excluding diaryl/α,β-unsaturated/α-hetero) is 1. The van der Waals surface area contributed by atoms with E-state index >= 15 is 0 Å². The van der Waals surface area contributed by atoms with Crippen LogP contribution in [0.1, 0.15) is 29.6 Å². The quantitative estimate of drug-likeness (QED) is 0.585. The molecule has 3 heteroatoms. The van der Waals surface area contributed by atoms with Crippen LogP contribution in [0.2, 0.25) is 0 Å². The van der Waals surface area contributed by atoms with Crippen molar-refractivity contribution in [1.29, 1.82) is 0 Å². The van der Waals surface area contributed by atoms with Gasteiger partial charge in [-0.25, -0.2) is 4.39 Å². The molecule has 1 saturated heterocycles. The molecule has 2 rings (SSSR count). The second-order valence-electron chi connectivity index (χ2n) is 4.13. The Hall–Kier alpha value is -0.830. The van der Waals surface area contributed by atoms with Crippen molar-refractivity contribution < 1.29 is 9.18 Å². The fourth-order valence-corrected chi connectivity index (χ4v) is 4.23. The van der Waals surface area contributed by atoms with Crippen molar-refractivity contribution in [2.24, 2.45) is 0 Å². The molecule has 0 unspecified atom stereocenters. The van der Waals surface area contributed by atoms with Crippen LogP contribution in [0.5, 0.6) is 0 Å². The van der Waals surface area contributed by atoms with Crippen LogP contribution in [0.25, 0.3) is 0 Å². The Kier molecular flexibility index (Phi) is 3.99. The van der Waals surface area contributed by atoms with Crippen molar-refractivity contribution in [3.8, 4) is 0 Å². The van der Waals surface area contributed by atoms with Gasteiger partial charge in [-0.2, -0.15) is 0 Å². The molecular weight excluding hydrogens is 223 g/mol. The molecule has 1 aliphatic heterocycles. The Morgan fingerprint density at radius 3 is 2.56 bits per heavy atom. The highest BCUT2D eigenvalue weighted by Crippen LogP contribution is 2.16. The zero-order valence-corrected chi connectivity index (χ0v) is 10.1. The van der Waals surface area contributed by atoms with E-state index in [1.54, 1.807) is 18.2 Å². The summed E-state index contributed by atoms with van der Waals surface area (Å²) >= 11 is 0. The van der Waals surface area contributed by atoms with Gasteiger partial charge in [0.25, 0.3) is 0 Å². The first-order chi connectivity index (χ1) is 7.77. The molecule has 0 amide bonds. The maximum absolute atomic E-state index is 13.4. The fourth-order valence-electron chi connectivity index (χ4n) is 1.99. The summed E-state index contributed by atoms with van der Waals surface area (Å²) in [6.45, 7) is 0. The molecule has 1 aromatic rings. The first-order valence-electron chi connectivity index (χ1n) is 5.69. The van der Waals surface area contributed by atoms with Gasteiger partial charge in [0.05, 0.1) is 5.56 Å². The summed E-state index contributed by atoms with van der Waals surface area (Å²) < 4.78 is 13.4. The lowest BCUT2D eigenvalue weighted by molar-refractivity contribution is 0.101. The third-order valence-electron chi connectivity index (χ3n) is 2.88. The Labute approximate surface area is 98.4 Å². The average molecular weight is 239 g/mol. The molecule has 0 radical (unpaired) electrons. The lowest BCUT2D eigenvalue weighted by Crippen LogP contribution is -2.26. The molecule has 0 saturated carbocycles. The Bertz CT molecular complexity index is 372. The second-order valence-corrected chi connectivity index (χ2v) is 6.46. The van der Waals surface area contributed by atoms with E-state index in [0.717, 1.165) is 11.5 Å². The number of halogens is 1. The van der Waals surface area contributed by atoms with E-state index in [1.165, 1.54) is 25.3 Å². The molecule has 1 fully saturated rings. The first kappa shape index (κ1) is 11.6. The molecule has 0 aliphatic carbocycles. The van der Waals surface area contributed by atoms with E-state index in [-0.39, 0.29) is 28.1 Å². The van der Waals surface area contributed by atoms with Gasteiger partial charge in [0, 0.05) is 0 Å². The molecule has 0 bridgehead atoms. The van der Waals surface area contributed by atoms with Crippen LogP contribution in [0.4, 0.5) is 4.39 Å². The van der Waals surface area contributed by atoms with Gasteiger partial charge < -0.3 is 0 Å². The van der Waals surface area contributed by atoms with E-state index in [0.29, 0.717) is 5.75 Å². The summed E-state index contributed by atoms with van der Waals surface area (Å²) in [6.07, 6.45) is 3.75. The van der Waals surface area contributed by atoms with Gasteiger partial charge >= 0.3 is 0 Å². The highest BCUT2D eigenvalue weighted by molar-refractivity contribution is 7.97. The molecule has 1 nitrogen and oxygen atoms in total. The minimum absolute atomic E-state index is 0.0247. The van der Waals surface area contributed by atoms with E-state index in [4.69, 9.17) is 0 Å². The third kappa shape index (κ3) is 2.85. The lowest BCUT2D eigenvalue weighted by atomic mass is 10.1. The minimum atomic E-state index is -0.381. The van der Waals surface area contributed by atoms with Crippen molar-refractivity contribution in [1.82, 2.24) is 0 Å². The maximum atomic E-state index is 13.4. The van der Waals surface area contributed by atoms with E-state index in [9.17, 15) is 9.18 Å². The third-order valence-corrected chi connectivity index (χ3v) is 5.28. The van der Waals surface area contributed by atoms with E-state index < -0.39 is 0 Å². The molecule has 1 aromatic carbocycles. The summed E-state index contributed by atoms with van der Waals surface area (Å²) in [5.74, 6) is 2.44. The first-order valence-corrected chi connectivity index (χ1v) is 7.42. The lowest BCUT2D eigenvalue weighted by Gasteiger charge is -2.13. The number of carbonyl (C=O) groups is 1. The number of ketones is 1. The van der Waals surface area contributed by atoms with Crippen LogP contribution < -0.4 is 0 Å². The molecular formula is C13H16FOS+. The standard InChI is InChI=1S/C13H16FOS/c14-12-7-3-2-6-11(12)13(15)10-16-8-4-1-5-9-16/h2-3,6-7H,1,4-5,8-10H2/q+1. The molecule has 16 heavy (non-hydrogen) atoms. The highest BCUT2D eigenvalue weighted by atomic mass is 32.2. The molecule has 86 valence electrons. The number of carbonyl (C=O) groups excluding carboxylic acids is 1. The van der Waals surface area contributed by atoms with E-state index in [1.807, 2.05) is 0 Å². The zero-order valence-electron chi connectivity index (χ0n) is 9.25. The monoisotopic (exact) mass is 239 g/mol. The summed E-state index contributed by atoms with van der Waals surface area (Å²) in [6, 6.07) is 6.29. The largest absolute Gasteiger partial charge is 0.289 e. The summed E-state index contributed by atoms with van der Waals surface area (Å²) in [5, 5.41) is 0. The summed E-state index contributed by atoms with van der Waals surface area (Å²) in [7, 11) is 0.200. The van der Waals surface area contributed by atoms with Gasteiger partial charge in [0.1, 0.15) is 17.3 Å². The Morgan fingerprint density at radius 2 is 1.88 bits per heavy atom. The van der Waals surface area contributed by atoms with Crippen LogP contribution in [0.3, 0.4) is 0 Å². The summed E-state index contributed by atoms with van der Waals surface area (Å²) in [4.78, 5) is 11.9. The van der Waals surface area contributed by atoms with Crippen LogP contribution in [0.15, 0.2) is 24.3 Å². The van der Waals surface area contributed by atoms with Crippen LogP contribution in [0, 0.1) is 5.82 Å². The molecule has 0 atom stereocenters. The van der Waals surface area contributed by atoms with Crippen molar-refractivity contribution in [3.63, 3.8) is 0 Å². The number of hydrogen-bond acceptors (Lipinski definition) is 1. The van der Waals surface area contributed by atoms with Gasteiger partial charge in [0.2, 0.25) is 5.78 Å². The normalized spacial score (nSPS) is 17.3. The molecule has 0 spiro atoms. The fraction of sp³-hybridized carbons (Fsp3) is 0.462. The molecule has 1 aliphatic rings. The van der Waals surface area contributed by atoms with E-state index in [2.05, 4.69) is 0 Å². The van der Waals surface area contributed by atoms with Crippen LogP contribution in [-0.4, -0.2) is 23.0 Å². The highest BCUT2D eigenvalue weighted by Gasteiger charge is 2.26. The van der Waals surface area contributed by atoms with Gasteiger partial charge in [-0.15, -0.1) is 0 Å². The number of rotatable bonds is 3. The predicted molar refractivity (Wildman–Crippen MR) is 66.5 cm³/mol. The minimum Gasteiger partial charge on any atom is -0.289 e. The Balaban J connectivity index is 2.00. The average Bonchev–Trinajstić information content (AvgIpc) is 2.31. The maximum Gasteiger partial charge on any atom is 0.214 e. The second kappa shape index (κ2) is 5.48. The number of hydrogen-bond donors (Lipinski definition) is 0. The smallest absolute Gasteiger partial charge is 0.214 e. The SMILES string of the molecule is O=C(C[S+]1CCCCC1)c1ccccc1F. The van der Waals surface area contributed by atoms with Crippen LogP contribution >= 0.6 is 0 Å². The molecule has 0 N–H and O–H groups in total. The summed E-state index contributed by atoms with van der Waals surface area (Å²) in [5.41, 5.74) is 0.264. The molecule has 1 heterocycles. The van der Waals surface area contributed by atoms with Gasteiger partial charge in [-0.05, 0) is 42.3 Å². The van der Waals surface area contributed by atoms with Gasteiger partial charge in [-0.3, -0.25) is 4.79 Å². The Morgan fingerprint density at radius 1 is 1.19 bits per heavy atom. The van der Waals surface area contributed by atoms with Crippen molar-refractivity contribution in [3.05, 3.63) is 35.6 Å². The number of benzene rings is 1. The van der Waals surface area contributed by atoms with Gasteiger partial charge in [-0.1, -0.05) is 12.1 Å². The van der Waals surface area contributed by atoms with Crippen molar-refractivity contribution in [2.45, 2.75) is 19.3 Å². The van der Waals surface area contributed by atoms with Crippen molar-refractivity contribution >= 4 is 16.7 Å². The topological polar surface area (TPSA) is 17.1 Å². The molecule has 0 aromatic heterocycles. The van der Waals surface area contributed by atoms with Crippen molar-refractivity contribution in [2.75, 3.05) is 17.3 Å². The van der Waals surface area contributed by atoms with Crippen LogP contribution in [-0.2, 0) is 10.9 Å². The zero-order chi connectivity index (χ0) is 11.4. The predicted octanol–water partition coefficient (Wildman–Crippen LogP) is 2.81. The van der Waals surface area contributed by atoms with Gasteiger partial charge in [0.15, 0.2) is 5.75 Å².